The molecule has 5 rings (SSSR count). The molecule has 1 atom stereocenters. The summed E-state index contributed by atoms with van der Waals surface area (Å²) in [4.78, 5) is 39.8. The predicted molar refractivity (Wildman–Crippen MR) is 130 cm³/mol. The molecule has 0 unspecified atom stereocenters. The number of allylic oxidation sites excluding steroid dienone is 2. The molecule has 180 valence electrons. The Morgan fingerprint density at radius 1 is 1.09 bits per heavy atom. The summed E-state index contributed by atoms with van der Waals surface area (Å²) in [7, 11) is 0. The Morgan fingerprint density at radius 2 is 1.82 bits per heavy atom. The number of piperazine rings is 1. The van der Waals surface area contributed by atoms with Crippen molar-refractivity contribution in [2.45, 2.75) is 26.4 Å². The summed E-state index contributed by atoms with van der Waals surface area (Å²) in [5.74, 6) is 1.84. The normalized spacial score (nSPS) is 25.1. The van der Waals surface area contributed by atoms with E-state index in [4.69, 9.17) is 4.74 Å². The van der Waals surface area contributed by atoms with Crippen molar-refractivity contribution in [3.05, 3.63) is 53.7 Å². The Kier molecular flexibility index (Phi) is 5.99. The minimum atomic E-state index is -0.645. The summed E-state index contributed by atoms with van der Waals surface area (Å²) in [6.07, 6.45) is 9.55. The van der Waals surface area contributed by atoms with E-state index in [2.05, 4.69) is 26.1 Å². The average Bonchev–Trinajstić information content (AvgIpc) is 3.54. The monoisotopic (exact) mass is 483 g/mol. The van der Waals surface area contributed by atoms with Gasteiger partial charge in [-0.2, -0.15) is 4.59 Å². The largest absolute Gasteiger partial charge is 0.456 e. The van der Waals surface area contributed by atoms with E-state index in [9.17, 15) is 9.59 Å². The van der Waals surface area contributed by atoms with E-state index in [1.54, 1.807) is 24.2 Å². The van der Waals surface area contributed by atoms with Gasteiger partial charge in [0.15, 0.2) is 5.70 Å². The number of rotatable bonds is 4. The first-order valence-electron chi connectivity index (χ1n) is 11.7. The Hall–Kier alpha value is -2.69. The number of carbonyl (C=O) groups is 2. The number of hydrogen-bond donors (Lipinski definition) is 0. The first-order chi connectivity index (χ1) is 16.3. The maximum absolute atomic E-state index is 13.6. The molecule has 0 saturated carbocycles. The molecule has 0 radical (unpaired) electrons. The van der Waals surface area contributed by atoms with E-state index in [-0.39, 0.29) is 5.91 Å². The van der Waals surface area contributed by atoms with Crippen molar-refractivity contribution in [1.29, 1.82) is 0 Å². The Bertz CT molecular complexity index is 1070. The molecule has 4 aliphatic heterocycles. The number of hydrogen-bond acceptors (Lipinski definition) is 8. The SMILES string of the molecule is CC(C)(C)OC(=O)C1=C(C(=O)N2CCSC2)C[N@+]2(N3CCN(c4ncccn4)CC3)C=CC=C12. The van der Waals surface area contributed by atoms with Gasteiger partial charge in [-0.05, 0) is 32.9 Å². The smallest absolute Gasteiger partial charge is 0.345 e. The summed E-state index contributed by atoms with van der Waals surface area (Å²) in [6, 6.07) is 1.82. The molecule has 0 bridgehead atoms. The molecule has 2 fully saturated rings. The lowest BCUT2D eigenvalue weighted by Crippen LogP contribution is -2.61. The van der Waals surface area contributed by atoms with Gasteiger partial charge in [0, 0.05) is 43.9 Å². The molecule has 0 spiro atoms. The number of carbonyl (C=O) groups excluding carboxylic acids is 2. The fourth-order valence-corrected chi connectivity index (χ4v) is 5.87. The summed E-state index contributed by atoms with van der Waals surface area (Å²) in [6.45, 7) is 9.73. The molecule has 0 aromatic carbocycles. The van der Waals surface area contributed by atoms with Crippen LogP contribution in [-0.4, -0.2) is 92.8 Å². The molecule has 1 aromatic heterocycles. The van der Waals surface area contributed by atoms with Gasteiger partial charge < -0.3 is 14.5 Å². The fourth-order valence-electron chi connectivity index (χ4n) is 4.93. The van der Waals surface area contributed by atoms with Crippen LogP contribution in [0.5, 0.6) is 0 Å². The van der Waals surface area contributed by atoms with Crippen molar-refractivity contribution in [2.24, 2.45) is 0 Å². The van der Waals surface area contributed by atoms with Gasteiger partial charge in [-0.25, -0.2) is 14.8 Å². The molecular weight excluding hydrogens is 452 g/mol. The number of thioether (sulfide) groups is 1. The Morgan fingerprint density at radius 3 is 2.47 bits per heavy atom. The van der Waals surface area contributed by atoms with Crippen LogP contribution in [0.1, 0.15) is 20.8 Å². The zero-order valence-corrected chi connectivity index (χ0v) is 20.8. The maximum Gasteiger partial charge on any atom is 0.345 e. The van der Waals surface area contributed by atoms with Crippen molar-refractivity contribution in [1.82, 2.24) is 19.9 Å². The molecule has 4 aliphatic rings. The summed E-state index contributed by atoms with van der Waals surface area (Å²) in [5, 5.41) is 2.33. The van der Waals surface area contributed by atoms with Gasteiger partial charge in [0.2, 0.25) is 5.95 Å². The zero-order chi connectivity index (χ0) is 23.9. The van der Waals surface area contributed by atoms with Crippen LogP contribution in [-0.2, 0) is 14.3 Å². The second kappa shape index (κ2) is 8.83. The van der Waals surface area contributed by atoms with Crippen LogP contribution in [0, 0.1) is 0 Å². The number of quaternary nitrogens is 1. The molecule has 0 aliphatic carbocycles. The van der Waals surface area contributed by atoms with Crippen molar-refractivity contribution in [2.75, 3.05) is 55.8 Å². The van der Waals surface area contributed by atoms with Crippen LogP contribution >= 0.6 is 11.8 Å². The minimum Gasteiger partial charge on any atom is -0.456 e. The quantitative estimate of drug-likeness (QED) is 0.475. The predicted octanol–water partition coefficient (Wildman–Crippen LogP) is 1.93. The molecule has 1 amide bonds. The van der Waals surface area contributed by atoms with Crippen molar-refractivity contribution in [3.63, 3.8) is 0 Å². The van der Waals surface area contributed by atoms with E-state index >= 15 is 0 Å². The van der Waals surface area contributed by atoms with Crippen LogP contribution in [0.4, 0.5) is 5.95 Å². The van der Waals surface area contributed by atoms with E-state index in [0.29, 0.717) is 34.7 Å². The van der Waals surface area contributed by atoms with E-state index in [1.807, 2.05) is 43.9 Å². The number of anilines is 1. The third-order valence-corrected chi connectivity index (χ3v) is 7.42. The van der Waals surface area contributed by atoms with Crippen LogP contribution < -0.4 is 4.90 Å². The highest BCUT2D eigenvalue weighted by Gasteiger charge is 2.54. The van der Waals surface area contributed by atoms with Crippen molar-refractivity contribution >= 4 is 29.6 Å². The third-order valence-electron chi connectivity index (χ3n) is 6.46. The van der Waals surface area contributed by atoms with Gasteiger partial charge in [0.1, 0.15) is 23.9 Å². The number of nitrogens with zero attached hydrogens (tertiary/aromatic N) is 6. The van der Waals surface area contributed by atoms with Crippen molar-refractivity contribution in [3.8, 4) is 0 Å². The number of aromatic nitrogens is 2. The average molecular weight is 484 g/mol. The Balaban J connectivity index is 1.43. The number of esters is 1. The Labute approximate surface area is 204 Å². The van der Waals surface area contributed by atoms with E-state index < -0.39 is 11.6 Å². The lowest BCUT2D eigenvalue weighted by molar-refractivity contribution is -0.948. The van der Waals surface area contributed by atoms with Crippen LogP contribution in [0.3, 0.4) is 0 Å². The molecule has 34 heavy (non-hydrogen) atoms. The molecule has 5 heterocycles. The van der Waals surface area contributed by atoms with Crippen LogP contribution in [0.25, 0.3) is 0 Å². The minimum absolute atomic E-state index is 0.0524. The number of fused-ring (bicyclic) bond motifs is 1. The topological polar surface area (TPSA) is 78.9 Å². The van der Waals surface area contributed by atoms with Gasteiger partial charge in [0.25, 0.3) is 5.91 Å². The van der Waals surface area contributed by atoms with Crippen molar-refractivity contribution < 1.29 is 18.9 Å². The molecule has 9 nitrogen and oxygen atoms in total. The first-order valence-corrected chi connectivity index (χ1v) is 12.8. The second-order valence-electron chi connectivity index (χ2n) is 9.83. The van der Waals surface area contributed by atoms with Gasteiger partial charge in [-0.1, -0.05) is 0 Å². The molecule has 10 heteroatoms. The summed E-state index contributed by atoms with van der Waals surface area (Å²) >= 11 is 1.74. The highest BCUT2D eigenvalue weighted by molar-refractivity contribution is 7.99. The summed E-state index contributed by atoms with van der Waals surface area (Å²) < 4.78 is 6.15. The molecular formula is C24H31N6O3S+. The fraction of sp³-hybridized carbons (Fsp3) is 0.500. The number of amides is 1. The summed E-state index contributed by atoms with van der Waals surface area (Å²) in [5.41, 5.74) is 1.17. The first kappa shape index (κ1) is 23.1. The van der Waals surface area contributed by atoms with Gasteiger partial charge >= 0.3 is 5.97 Å². The highest BCUT2D eigenvalue weighted by atomic mass is 32.2. The van der Waals surface area contributed by atoms with Gasteiger partial charge in [0.05, 0.1) is 24.5 Å². The maximum atomic E-state index is 13.6. The molecule has 1 aromatic rings. The lowest BCUT2D eigenvalue weighted by atomic mass is 10.1. The van der Waals surface area contributed by atoms with Gasteiger partial charge in [-0.3, -0.25) is 4.79 Å². The van der Waals surface area contributed by atoms with E-state index in [0.717, 1.165) is 43.6 Å². The number of ether oxygens (including phenoxy) is 1. The molecule has 0 N–H and O–H groups in total. The highest BCUT2D eigenvalue weighted by Crippen LogP contribution is 2.43. The standard InChI is InChI=1S/C24H31N6O3S/c1-24(2,3)33-22(32)20-18(21(31)28-13-15-34-17-28)16-30(14-4-6-19(20)30)29-11-9-27(10-12-29)23-25-7-5-8-26-23/h4-8,14H,9-13,15-17H2,1-3H3/q+1/t30-/m1/s1. The van der Waals surface area contributed by atoms with Crippen LogP contribution in [0.15, 0.2) is 53.7 Å². The lowest BCUT2D eigenvalue weighted by Gasteiger charge is -2.43. The molecule has 2 saturated heterocycles. The second-order valence-corrected chi connectivity index (χ2v) is 10.9. The van der Waals surface area contributed by atoms with E-state index in [1.165, 1.54) is 0 Å². The van der Waals surface area contributed by atoms with Crippen LogP contribution in [0.2, 0.25) is 0 Å². The zero-order valence-electron chi connectivity index (χ0n) is 19.9. The van der Waals surface area contributed by atoms with Gasteiger partial charge in [-0.15, -0.1) is 16.8 Å². The third kappa shape index (κ3) is 4.14.